The van der Waals surface area contributed by atoms with Gasteiger partial charge in [-0.2, -0.15) is 0 Å². The largest absolute Gasteiger partial charge is 0.297 e. The molecule has 1 aliphatic heterocycles. The maximum absolute atomic E-state index is 2.56. The van der Waals surface area contributed by atoms with E-state index in [9.17, 15) is 0 Å². The van der Waals surface area contributed by atoms with Crippen LogP contribution in [0.3, 0.4) is 0 Å². The van der Waals surface area contributed by atoms with E-state index in [0.717, 1.165) is 0 Å². The predicted molar refractivity (Wildman–Crippen MR) is 52.1 cm³/mol. The Bertz CT molecular complexity index is 189. The molecule has 2 aliphatic rings. The average Bonchev–Trinajstić information content (AvgIpc) is 2.80. The van der Waals surface area contributed by atoms with Crippen LogP contribution in [0.2, 0.25) is 0 Å². The van der Waals surface area contributed by atoms with Crippen LogP contribution in [0.4, 0.5) is 0 Å². The first kappa shape index (κ1) is 8.31. The van der Waals surface area contributed by atoms with Crippen molar-refractivity contribution in [1.29, 1.82) is 0 Å². The SMILES string of the molecule is CC(C)N1CC=CC2(CC1)CC2. The summed E-state index contributed by atoms with van der Waals surface area (Å²) in [5.41, 5.74) is 0.656. The molecule has 0 atom stereocenters. The lowest BCUT2D eigenvalue weighted by molar-refractivity contribution is 0.238. The summed E-state index contributed by atoms with van der Waals surface area (Å²) in [6.07, 6.45) is 9.11. The summed E-state index contributed by atoms with van der Waals surface area (Å²) in [6, 6.07) is 0.712. The molecule has 1 saturated carbocycles. The highest BCUT2D eigenvalue weighted by atomic mass is 15.1. The van der Waals surface area contributed by atoms with Crippen molar-refractivity contribution >= 4 is 0 Å². The van der Waals surface area contributed by atoms with Crippen LogP contribution in [0.1, 0.15) is 33.1 Å². The van der Waals surface area contributed by atoms with Crippen LogP contribution in [0.5, 0.6) is 0 Å². The van der Waals surface area contributed by atoms with Gasteiger partial charge in [-0.25, -0.2) is 0 Å². The smallest absolute Gasteiger partial charge is 0.0166 e. The fourth-order valence-electron chi connectivity index (χ4n) is 2.03. The topological polar surface area (TPSA) is 3.24 Å². The highest BCUT2D eigenvalue weighted by molar-refractivity contribution is 5.11. The van der Waals surface area contributed by atoms with E-state index < -0.39 is 0 Å². The second kappa shape index (κ2) is 2.88. The minimum absolute atomic E-state index is 0.656. The maximum Gasteiger partial charge on any atom is 0.0166 e. The minimum Gasteiger partial charge on any atom is -0.297 e. The summed E-state index contributed by atoms with van der Waals surface area (Å²) in [7, 11) is 0. The first-order valence-electron chi connectivity index (χ1n) is 5.14. The van der Waals surface area contributed by atoms with E-state index >= 15 is 0 Å². The normalized spacial score (nSPS) is 27.9. The average molecular weight is 165 g/mol. The molecule has 1 fully saturated rings. The Kier molecular flexibility index (Phi) is 1.99. The molecule has 0 N–H and O–H groups in total. The van der Waals surface area contributed by atoms with Crippen molar-refractivity contribution in [2.24, 2.45) is 5.41 Å². The van der Waals surface area contributed by atoms with Gasteiger partial charge in [-0.1, -0.05) is 12.2 Å². The molecule has 0 saturated heterocycles. The van der Waals surface area contributed by atoms with Gasteiger partial charge in [0.2, 0.25) is 0 Å². The van der Waals surface area contributed by atoms with Gasteiger partial charge < -0.3 is 0 Å². The lowest BCUT2D eigenvalue weighted by Gasteiger charge is -2.24. The molecule has 1 spiro atoms. The Morgan fingerprint density at radius 2 is 2.00 bits per heavy atom. The van der Waals surface area contributed by atoms with Gasteiger partial charge in [-0.15, -0.1) is 0 Å². The lowest BCUT2D eigenvalue weighted by Crippen LogP contribution is -2.31. The summed E-state index contributed by atoms with van der Waals surface area (Å²) >= 11 is 0. The molecule has 0 unspecified atom stereocenters. The fraction of sp³-hybridized carbons (Fsp3) is 0.818. The van der Waals surface area contributed by atoms with Crippen molar-refractivity contribution in [1.82, 2.24) is 4.90 Å². The van der Waals surface area contributed by atoms with Gasteiger partial charge >= 0.3 is 0 Å². The molecule has 1 heteroatoms. The first-order chi connectivity index (χ1) is 5.72. The van der Waals surface area contributed by atoms with E-state index in [0.29, 0.717) is 11.5 Å². The van der Waals surface area contributed by atoms with Crippen molar-refractivity contribution in [3.63, 3.8) is 0 Å². The summed E-state index contributed by atoms with van der Waals surface area (Å²) in [5, 5.41) is 0. The van der Waals surface area contributed by atoms with Gasteiger partial charge in [0.05, 0.1) is 0 Å². The Morgan fingerprint density at radius 1 is 1.25 bits per heavy atom. The molecule has 2 rings (SSSR count). The molecule has 68 valence electrons. The Labute approximate surface area is 75.4 Å². The van der Waals surface area contributed by atoms with Crippen LogP contribution < -0.4 is 0 Å². The van der Waals surface area contributed by atoms with E-state index in [2.05, 4.69) is 30.9 Å². The van der Waals surface area contributed by atoms with Crippen LogP contribution >= 0.6 is 0 Å². The van der Waals surface area contributed by atoms with Crippen LogP contribution in [0, 0.1) is 5.41 Å². The van der Waals surface area contributed by atoms with E-state index in [1.807, 2.05) is 0 Å². The van der Waals surface area contributed by atoms with Crippen molar-refractivity contribution in [3.05, 3.63) is 12.2 Å². The van der Waals surface area contributed by atoms with E-state index in [1.54, 1.807) is 0 Å². The van der Waals surface area contributed by atoms with E-state index in [-0.39, 0.29) is 0 Å². The van der Waals surface area contributed by atoms with Gasteiger partial charge in [-0.05, 0) is 45.1 Å². The molecule has 0 bridgehead atoms. The van der Waals surface area contributed by atoms with Crippen LogP contribution in [-0.4, -0.2) is 24.0 Å². The molecule has 1 nitrogen and oxygen atoms in total. The second-order valence-corrected chi connectivity index (χ2v) is 4.60. The van der Waals surface area contributed by atoms with Gasteiger partial charge in [0.25, 0.3) is 0 Å². The monoisotopic (exact) mass is 165 g/mol. The first-order valence-corrected chi connectivity index (χ1v) is 5.14. The Morgan fingerprint density at radius 3 is 2.58 bits per heavy atom. The zero-order valence-corrected chi connectivity index (χ0v) is 8.21. The zero-order valence-electron chi connectivity index (χ0n) is 8.21. The number of rotatable bonds is 1. The molecule has 0 aromatic heterocycles. The van der Waals surface area contributed by atoms with Gasteiger partial charge in [0.1, 0.15) is 0 Å². The highest BCUT2D eigenvalue weighted by Crippen LogP contribution is 2.50. The highest BCUT2D eigenvalue weighted by Gasteiger charge is 2.40. The minimum atomic E-state index is 0.656. The Balaban J connectivity index is 1.96. The van der Waals surface area contributed by atoms with Crippen LogP contribution in [0.25, 0.3) is 0 Å². The molecule has 0 aromatic rings. The van der Waals surface area contributed by atoms with E-state index in [1.165, 1.54) is 32.4 Å². The standard InChI is InChI=1S/C11H19N/c1-10(2)12-8-3-4-11(5-6-11)7-9-12/h3-4,10H,5-9H2,1-2H3. The molecule has 0 radical (unpaired) electrons. The predicted octanol–water partition coefficient (Wildman–Crippen LogP) is 2.44. The molecule has 1 heterocycles. The van der Waals surface area contributed by atoms with Gasteiger partial charge in [-0.3, -0.25) is 4.90 Å². The molecule has 12 heavy (non-hydrogen) atoms. The second-order valence-electron chi connectivity index (χ2n) is 4.60. The molecule has 0 amide bonds. The molecular formula is C11H19N. The number of allylic oxidation sites excluding steroid dienone is 1. The third-order valence-corrected chi connectivity index (χ3v) is 3.33. The number of hydrogen-bond donors (Lipinski definition) is 0. The van der Waals surface area contributed by atoms with E-state index in [4.69, 9.17) is 0 Å². The molecule has 1 aliphatic carbocycles. The molecule has 0 aromatic carbocycles. The van der Waals surface area contributed by atoms with Gasteiger partial charge in [0, 0.05) is 12.6 Å². The Hall–Kier alpha value is -0.300. The van der Waals surface area contributed by atoms with Gasteiger partial charge in [0.15, 0.2) is 0 Å². The van der Waals surface area contributed by atoms with Crippen molar-refractivity contribution < 1.29 is 0 Å². The number of nitrogens with zero attached hydrogens (tertiary/aromatic N) is 1. The lowest BCUT2D eigenvalue weighted by atomic mass is 10.0. The summed E-state index contributed by atoms with van der Waals surface area (Å²) < 4.78 is 0. The quantitative estimate of drug-likeness (QED) is 0.539. The summed E-state index contributed by atoms with van der Waals surface area (Å²) in [6.45, 7) is 7.04. The van der Waals surface area contributed by atoms with Crippen LogP contribution in [-0.2, 0) is 0 Å². The summed E-state index contributed by atoms with van der Waals surface area (Å²) in [5.74, 6) is 0. The number of hydrogen-bond acceptors (Lipinski definition) is 1. The van der Waals surface area contributed by atoms with Crippen molar-refractivity contribution in [3.8, 4) is 0 Å². The van der Waals surface area contributed by atoms with Crippen molar-refractivity contribution in [2.45, 2.75) is 39.2 Å². The third kappa shape index (κ3) is 1.56. The maximum atomic E-state index is 2.56. The van der Waals surface area contributed by atoms with Crippen molar-refractivity contribution in [2.75, 3.05) is 13.1 Å². The third-order valence-electron chi connectivity index (χ3n) is 3.33. The summed E-state index contributed by atoms with van der Waals surface area (Å²) in [4.78, 5) is 2.56. The zero-order chi connectivity index (χ0) is 8.60. The molecular weight excluding hydrogens is 146 g/mol. The fourth-order valence-corrected chi connectivity index (χ4v) is 2.03. The van der Waals surface area contributed by atoms with Crippen LogP contribution in [0.15, 0.2) is 12.2 Å².